The van der Waals surface area contributed by atoms with Gasteiger partial charge in [-0.15, -0.1) is 0 Å². The Morgan fingerprint density at radius 2 is 0.900 bits per heavy atom. The second-order valence-corrected chi connectivity index (χ2v) is 7.99. The Labute approximate surface area is 186 Å². The molecular formula is C25H50O5. The van der Waals surface area contributed by atoms with Crippen molar-refractivity contribution in [1.29, 1.82) is 0 Å². The summed E-state index contributed by atoms with van der Waals surface area (Å²) in [5, 5.41) is 0. The van der Waals surface area contributed by atoms with Crippen LogP contribution in [0.5, 0.6) is 0 Å². The average molecular weight is 431 g/mol. The second-order valence-electron chi connectivity index (χ2n) is 7.99. The fraction of sp³-hybridized carbons (Fsp3) is 0.960. The third kappa shape index (κ3) is 25.4. The van der Waals surface area contributed by atoms with E-state index in [4.69, 9.17) is 18.9 Å². The molecule has 0 aliphatic rings. The monoisotopic (exact) mass is 430 g/mol. The summed E-state index contributed by atoms with van der Waals surface area (Å²) in [6.07, 6.45) is 19.6. The molecule has 0 aliphatic heterocycles. The molecule has 5 nitrogen and oxygen atoms in total. The van der Waals surface area contributed by atoms with Crippen molar-refractivity contribution >= 4 is 5.97 Å². The van der Waals surface area contributed by atoms with Gasteiger partial charge in [-0.3, -0.25) is 4.79 Å². The third-order valence-corrected chi connectivity index (χ3v) is 5.14. The Kier molecular flexibility index (Phi) is 25.8. The van der Waals surface area contributed by atoms with Gasteiger partial charge in [0.25, 0.3) is 0 Å². The van der Waals surface area contributed by atoms with Crippen LogP contribution in [0.25, 0.3) is 0 Å². The molecule has 0 radical (unpaired) electrons. The van der Waals surface area contributed by atoms with E-state index >= 15 is 0 Å². The van der Waals surface area contributed by atoms with Gasteiger partial charge in [0.1, 0.15) is 0 Å². The summed E-state index contributed by atoms with van der Waals surface area (Å²) in [5.74, 6) is -0.213. The molecule has 0 saturated carbocycles. The largest absolute Gasteiger partial charge is 0.466 e. The van der Waals surface area contributed by atoms with Crippen LogP contribution in [-0.2, 0) is 23.7 Å². The number of carbonyl (C=O) groups excluding carboxylic acids is 1. The van der Waals surface area contributed by atoms with E-state index < -0.39 is 0 Å². The van der Waals surface area contributed by atoms with E-state index in [2.05, 4.69) is 6.92 Å². The summed E-state index contributed by atoms with van der Waals surface area (Å²) in [4.78, 5) is 11.1. The summed E-state index contributed by atoms with van der Waals surface area (Å²) in [6, 6.07) is 0. The molecule has 0 aromatic carbocycles. The van der Waals surface area contributed by atoms with Gasteiger partial charge in [0, 0.05) is 6.61 Å². The summed E-state index contributed by atoms with van der Waals surface area (Å²) in [7, 11) is 0. The van der Waals surface area contributed by atoms with Gasteiger partial charge in [0.15, 0.2) is 0 Å². The molecule has 0 N–H and O–H groups in total. The minimum atomic E-state index is -0.213. The van der Waals surface area contributed by atoms with Crippen molar-refractivity contribution in [2.45, 2.75) is 110 Å². The molecule has 0 aliphatic carbocycles. The van der Waals surface area contributed by atoms with Gasteiger partial charge in [-0.2, -0.15) is 0 Å². The smallest absolute Gasteiger partial charge is 0.308 e. The number of carbonyl (C=O) groups is 1. The first-order chi connectivity index (χ1) is 14.8. The molecule has 0 rings (SSSR count). The quantitative estimate of drug-likeness (QED) is 0.123. The van der Waals surface area contributed by atoms with Gasteiger partial charge in [-0.25, -0.2) is 0 Å². The van der Waals surface area contributed by atoms with Crippen molar-refractivity contribution in [1.82, 2.24) is 0 Å². The molecule has 5 heteroatoms. The van der Waals surface area contributed by atoms with Crippen molar-refractivity contribution < 1.29 is 23.7 Å². The SMILES string of the molecule is CCCCCCCCCCCCCCCCOCCOCCOCCC(=O)OCC. The lowest BCUT2D eigenvalue weighted by Crippen LogP contribution is -2.12. The zero-order valence-corrected chi connectivity index (χ0v) is 20.1. The zero-order valence-electron chi connectivity index (χ0n) is 20.1. The summed E-state index contributed by atoms with van der Waals surface area (Å²) >= 11 is 0. The maximum absolute atomic E-state index is 11.1. The fourth-order valence-electron chi connectivity index (χ4n) is 3.33. The van der Waals surface area contributed by atoms with Crippen molar-refractivity contribution in [2.24, 2.45) is 0 Å². The lowest BCUT2D eigenvalue weighted by molar-refractivity contribution is -0.144. The zero-order chi connectivity index (χ0) is 22.0. The molecule has 180 valence electrons. The highest BCUT2D eigenvalue weighted by Gasteiger charge is 2.00. The van der Waals surface area contributed by atoms with E-state index in [1.165, 1.54) is 83.5 Å². The van der Waals surface area contributed by atoms with Gasteiger partial charge in [0.05, 0.1) is 46.1 Å². The van der Waals surface area contributed by atoms with Crippen LogP contribution in [0.4, 0.5) is 0 Å². The Morgan fingerprint density at radius 3 is 1.37 bits per heavy atom. The van der Waals surface area contributed by atoms with Crippen molar-refractivity contribution in [2.75, 3.05) is 46.2 Å². The Hall–Kier alpha value is -0.650. The van der Waals surface area contributed by atoms with Gasteiger partial charge < -0.3 is 18.9 Å². The number of hydrogen-bond donors (Lipinski definition) is 0. The number of ether oxygens (including phenoxy) is 4. The van der Waals surface area contributed by atoms with Crippen LogP contribution in [0.1, 0.15) is 110 Å². The lowest BCUT2D eigenvalue weighted by Gasteiger charge is -2.07. The van der Waals surface area contributed by atoms with Crippen molar-refractivity contribution in [3.63, 3.8) is 0 Å². The molecule has 0 heterocycles. The number of rotatable bonds is 25. The Balaban J connectivity index is 3.03. The summed E-state index contributed by atoms with van der Waals surface area (Å²) in [6.45, 7) is 7.98. The van der Waals surface area contributed by atoms with E-state index in [0.29, 0.717) is 46.1 Å². The van der Waals surface area contributed by atoms with Gasteiger partial charge in [-0.1, -0.05) is 90.4 Å². The highest BCUT2D eigenvalue weighted by atomic mass is 16.5. The summed E-state index contributed by atoms with van der Waals surface area (Å²) in [5.41, 5.74) is 0. The highest BCUT2D eigenvalue weighted by molar-refractivity contribution is 5.69. The minimum absolute atomic E-state index is 0.213. The van der Waals surface area contributed by atoms with E-state index in [1.54, 1.807) is 6.92 Å². The van der Waals surface area contributed by atoms with E-state index in [1.807, 2.05) is 0 Å². The molecule has 0 fully saturated rings. The molecule has 0 amide bonds. The molecule has 0 unspecified atom stereocenters. The van der Waals surface area contributed by atoms with Gasteiger partial charge in [0.2, 0.25) is 0 Å². The second kappa shape index (κ2) is 26.4. The Morgan fingerprint density at radius 1 is 0.500 bits per heavy atom. The fourth-order valence-corrected chi connectivity index (χ4v) is 3.33. The van der Waals surface area contributed by atoms with Gasteiger partial charge in [-0.05, 0) is 13.3 Å². The van der Waals surface area contributed by atoms with E-state index in [9.17, 15) is 4.79 Å². The van der Waals surface area contributed by atoms with Crippen LogP contribution in [-0.4, -0.2) is 52.2 Å². The maximum atomic E-state index is 11.1. The topological polar surface area (TPSA) is 54.0 Å². The van der Waals surface area contributed by atoms with E-state index in [0.717, 1.165) is 13.0 Å². The van der Waals surface area contributed by atoms with Crippen LogP contribution >= 0.6 is 0 Å². The van der Waals surface area contributed by atoms with Crippen LogP contribution in [0, 0.1) is 0 Å². The summed E-state index contributed by atoms with van der Waals surface area (Å²) < 4.78 is 21.2. The first kappa shape index (κ1) is 29.4. The lowest BCUT2D eigenvalue weighted by atomic mass is 10.0. The number of unbranched alkanes of at least 4 members (excludes halogenated alkanes) is 13. The molecule has 0 aromatic heterocycles. The number of hydrogen-bond acceptors (Lipinski definition) is 5. The normalized spacial score (nSPS) is 11.1. The maximum Gasteiger partial charge on any atom is 0.308 e. The van der Waals surface area contributed by atoms with Crippen LogP contribution in [0.2, 0.25) is 0 Å². The first-order valence-corrected chi connectivity index (χ1v) is 12.7. The molecule has 0 atom stereocenters. The molecule has 30 heavy (non-hydrogen) atoms. The molecule has 0 saturated heterocycles. The van der Waals surface area contributed by atoms with Crippen molar-refractivity contribution in [3.05, 3.63) is 0 Å². The molecule has 0 spiro atoms. The van der Waals surface area contributed by atoms with Crippen LogP contribution in [0.15, 0.2) is 0 Å². The van der Waals surface area contributed by atoms with Crippen LogP contribution in [0.3, 0.4) is 0 Å². The third-order valence-electron chi connectivity index (χ3n) is 5.14. The Bertz CT molecular complexity index is 336. The predicted octanol–water partition coefficient (Wildman–Crippen LogP) is 6.47. The molecule has 0 aromatic rings. The van der Waals surface area contributed by atoms with Crippen LogP contribution < -0.4 is 0 Å². The molecular weight excluding hydrogens is 380 g/mol. The minimum Gasteiger partial charge on any atom is -0.466 e. The highest BCUT2D eigenvalue weighted by Crippen LogP contribution is 2.12. The molecule has 0 bridgehead atoms. The predicted molar refractivity (Wildman–Crippen MR) is 124 cm³/mol. The average Bonchev–Trinajstić information content (AvgIpc) is 2.74. The van der Waals surface area contributed by atoms with Gasteiger partial charge >= 0.3 is 5.97 Å². The van der Waals surface area contributed by atoms with Crippen molar-refractivity contribution in [3.8, 4) is 0 Å². The standard InChI is InChI=1S/C25H50O5/c1-3-5-6-7-8-9-10-11-12-13-14-15-16-17-19-27-21-23-29-24-22-28-20-18-25(26)30-4-2/h3-24H2,1-2H3. The number of esters is 1. The first-order valence-electron chi connectivity index (χ1n) is 12.7. The van der Waals surface area contributed by atoms with E-state index in [-0.39, 0.29) is 5.97 Å².